The van der Waals surface area contributed by atoms with Crippen LogP contribution in [0.1, 0.15) is 53.4 Å². The summed E-state index contributed by atoms with van der Waals surface area (Å²) in [7, 11) is 0. The molecule has 20 heavy (non-hydrogen) atoms. The van der Waals surface area contributed by atoms with E-state index < -0.39 is 16.8 Å². The van der Waals surface area contributed by atoms with Gasteiger partial charge in [0.05, 0.1) is 17.4 Å². The third-order valence-corrected chi connectivity index (χ3v) is 5.78. The summed E-state index contributed by atoms with van der Waals surface area (Å²) < 4.78 is 5.48. The summed E-state index contributed by atoms with van der Waals surface area (Å²) in [5.74, 6) is 0.187. The van der Waals surface area contributed by atoms with Gasteiger partial charge in [-0.2, -0.15) is 0 Å². The first kappa shape index (κ1) is 15.3. The molecule has 4 unspecified atom stereocenters. The van der Waals surface area contributed by atoms with Gasteiger partial charge in [0.25, 0.3) is 0 Å². The van der Waals surface area contributed by atoms with Crippen LogP contribution in [0.25, 0.3) is 0 Å². The molecule has 0 amide bonds. The Bertz CT molecular complexity index is 415. The topological polar surface area (TPSA) is 63.6 Å². The SMILES string of the molecule is CCC(C)(C)C(=O)OCC1CC2CC1CC2(C)C(=O)O. The lowest BCUT2D eigenvalue weighted by atomic mass is 9.71. The van der Waals surface area contributed by atoms with Gasteiger partial charge in [-0.15, -0.1) is 0 Å². The normalized spacial score (nSPS) is 36.1. The minimum atomic E-state index is -0.674. The Morgan fingerprint density at radius 3 is 2.45 bits per heavy atom. The molecule has 2 rings (SSSR count). The van der Waals surface area contributed by atoms with E-state index in [1.54, 1.807) is 0 Å². The molecule has 0 aliphatic heterocycles. The third kappa shape index (κ3) is 2.45. The quantitative estimate of drug-likeness (QED) is 0.787. The van der Waals surface area contributed by atoms with Crippen LogP contribution >= 0.6 is 0 Å². The van der Waals surface area contributed by atoms with Gasteiger partial charge in [0.1, 0.15) is 0 Å². The van der Waals surface area contributed by atoms with E-state index in [0.717, 1.165) is 25.7 Å². The average molecular weight is 282 g/mol. The van der Waals surface area contributed by atoms with Crippen LogP contribution in [0.2, 0.25) is 0 Å². The number of aliphatic carboxylic acids is 1. The van der Waals surface area contributed by atoms with E-state index in [1.807, 2.05) is 27.7 Å². The number of carbonyl (C=O) groups excluding carboxylic acids is 1. The monoisotopic (exact) mass is 282 g/mol. The summed E-state index contributed by atoms with van der Waals surface area (Å²) in [6.45, 7) is 8.11. The van der Waals surface area contributed by atoms with E-state index >= 15 is 0 Å². The minimum absolute atomic E-state index is 0.135. The van der Waals surface area contributed by atoms with Gasteiger partial charge in [-0.05, 0) is 64.2 Å². The Kier molecular flexibility index (Phi) is 3.87. The molecule has 0 radical (unpaired) electrons. The fourth-order valence-electron chi connectivity index (χ4n) is 3.68. The molecule has 2 bridgehead atoms. The maximum absolute atomic E-state index is 12.0. The van der Waals surface area contributed by atoms with Crippen molar-refractivity contribution in [1.82, 2.24) is 0 Å². The molecule has 2 aliphatic rings. The molecular weight excluding hydrogens is 256 g/mol. The van der Waals surface area contributed by atoms with Gasteiger partial charge >= 0.3 is 11.9 Å². The Balaban J connectivity index is 1.88. The summed E-state index contributed by atoms with van der Waals surface area (Å²) >= 11 is 0. The van der Waals surface area contributed by atoms with Gasteiger partial charge in [0, 0.05) is 0 Å². The van der Waals surface area contributed by atoms with Gasteiger partial charge in [0.2, 0.25) is 0 Å². The molecule has 1 N–H and O–H groups in total. The van der Waals surface area contributed by atoms with Crippen LogP contribution in [0.4, 0.5) is 0 Å². The number of ether oxygens (including phenoxy) is 1. The van der Waals surface area contributed by atoms with E-state index in [9.17, 15) is 14.7 Å². The fourth-order valence-corrected chi connectivity index (χ4v) is 3.68. The number of hydrogen-bond acceptors (Lipinski definition) is 3. The number of carboxylic acids is 1. The average Bonchev–Trinajstić information content (AvgIpc) is 2.93. The fraction of sp³-hybridized carbons (Fsp3) is 0.875. The Labute approximate surface area is 120 Å². The minimum Gasteiger partial charge on any atom is -0.481 e. The molecule has 2 fully saturated rings. The van der Waals surface area contributed by atoms with E-state index in [0.29, 0.717) is 18.4 Å². The van der Waals surface area contributed by atoms with E-state index in [-0.39, 0.29) is 11.9 Å². The van der Waals surface area contributed by atoms with Crippen LogP contribution in [-0.4, -0.2) is 23.7 Å². The van der Waals surface area contributed by atoms with Crippen LogP contribution in [0, 0.1) is 28.6 Å². The number of esters is 1. The molecule has 0 aromatic rings. The van der Waals surface area contributed by atoms with Gasteiger partial charge < -0.3 is 9.84 Å². The molecule has 0 aromatic carbocycles. The molecule has 2 aliphatic carbocycles. The summed E-state index contributed by atoms with van der Waals surface area (Å²) in [5.41, 5.74) is -0.985. The van der Waals surface area contributed by atoms with Gasteiger partial charge in [-0.25, -0.2) is 0 Å². The molecule has 114 valence electrons. The largest absolute Gasteiger partial charge is 0.481 e. The first-order valence-electron chi connectivity index (χ1n) is 7.61. The number of carboxylic acid groups (broad SMARTS) is 1. The number of fused-ring (bicyclic) bond motifs is 2. The number of hydrogen-bond donors (Lipinski definition) is 1. The lowest BCUT2D eigenvalue weighted by molar-refractivity contribution is -0.158. The van der Waals surface area contributed by atoms with Crippen molar-refractivity contribution in [2.75, 3.05) is 6.61 Å². The highest BCUT2D eigenvalue weighted by atomic mass is 16.5. The summed E-state index contributed by atoms with van der Waals surface area (Å²) in [6.07, 6.45) is 3.35. The van der Waals surface area contributed by atoms with Crippen molar-refractivity contribution in [3.63, 3.8) is 0 Å². The molecule has 0 aromatic heterocycles. The highest BCUT2D eigenvalue weighted by Crippen LogP contribution is 2.58. The molecule has 4 heteroatoms. The first-order valence-corrected chi connectivity index (χ1v) is 7.61. The number of carbonyl (C=O) groups is 2. The zero-order valence-electron chi connectivity index (χ0n) is 12.9. The zero-order valence-corrected chi connectivity index (χ0v) is 12.9. The van der Waals surface area contributed by atoms with Crippen molar-refractivity contribution >= 4 is 11.9 Å². The third-order valence-electron chi connectivity index (χ3n) is 5.78. The second kappa shape index (κ2) is 5.05. The van der Waals surface area contributed by atoms with Gasteiger partial charge in [-0.1, -0.05) is 6.92 Å². The van der Waals surface area contributed by atoms with Crippen molar-refractivity contribution in [3.05, 3.63) is 0 Å². The molecule has 0 heterocycles. The summed E-state index contributed by atoms with van der Waals surface area (Å²) in [5, 5.41) is 9.35. The number of rotatable bonds is 5. The summed E-state index contributed by atoms with van der Waals surface area (Å²) in [6, 6.07) is 0. The van der Waals surface area contributed by atoms with E-state index in [1.165, 1.54) is 0 Å². The van der Waals surface area contributed by atoms with Crippen molar-refractivity contribution < 1.29 is 19.4 Å². The van der Waals surface area contributed by atoms with Crippen LogP contribution in [0.5, 0.6) is 0 Å². The van der Waals surface area contributed by atoms with Crippen LogP contribution in [0.3, 0.4) is 0 Å². The zero-order chi connectivity index (χ0) is 15.1. The molecule has 4 nitrogen and oxygen atoms in total. The highest BCUT2D eigenvalue weighted by molar-refractivity contribution is 5.76. The van der Waals surface area contributed by atoms with Crippen LogP contribution in [0.15, 0.2) is 0 Å². The lowest BCUT2D eigenvalue weighted by Gasteiger charge is -2.33. The Morgan fingerprint density at radius 1 is 1.35 bits per heavy atom. The molecule has 0 spiro atoms. The maximum Gasteiger partial charge on any atom is 0.311 e. The predicted molar refractivity (Wildman–Crippen MR) is 75.1 cm³/mol. The van der Waals surface area contributed by atoms with Crippen molar-refractivity contribution in [2.45, 2.75) is 53.4 Å². The Morgan fingerprint density at radius 2 is 2.00 bits per heavy atom. The standard InChI is InChI=1S/C16H26O4/c1-5-15(2,3)14(19)20-9-11-7-12-6-10(11)8-16(12,4)13(17)18/h10-12H,5-9H2,1-4H3,(H,17,18). The maximum atomic E-state index is 12.0. The van der Waals surface area contributed by atoms with Gasteiger partial charge in [0.15, 0.2) is 0 Å². The first-order chi connectivity index (χ1) is 9.20. The second-order valence-electron chi connectivity index (χ2n) is 7.45. The highest BCUT2D eigenvalue weighted by Gasteiger charge is 2.56. The summed E-state index contributed by atoms with van der Waals surface area (Å²) in [4.78, 5) is 23.3. The lowest BCUT2D eigenvalue weighted by Crippen LogP contribution is -2.37. The predicted octanol–water partition coefficient (Wildman–Crippen LogP) is 3.10. The van der Waals surface area contributed by atoms with Crippen molar-refractivity contribution in [2.24, 2.45) is 28.6 Å². The van der Waals surface area contributed by atoms with Gasteiger partial charge in [-0.3, -0.25) is 9.59 Å². The smallest absolute Gasteiger partial charge is 0.311 e. The molecule has 4 atom stereocenters. The molecular formula is C16H26O4. The van der Waals surface area contributed by atoms with Crippen molar-refractivity contribution in [1.29, 1.82) is 0 Å². The van der Waals surface area contributed by atoms with E-state index in [2.05, 4.69) is 0 Å². The Hall–Kier alpha value is -1.06. The van der Waals surface area contributed by atoms with Crippen LogP contribution in [-0.2, 0) is 14.3 Å². The molecule has 0 saturated heterocycles. The van der Waals surface area contributed by atoms with E-state index in [4.69, 9.17) is 4.74 Å². The van der Waals surface area contributed by atoms with Crippen LogP contribution < -0.4 is 0 Å². The van der Waals surface area contributed by atoms with Crippen molar-refractivity contribution in [3.8, 4) is 0 Å². The second-order valence-corrected chi connectivity index (χ2v) is 7.45. The molecule has 2 saturated carbocycles.